The number of aliphatic hydroxyl groups excluding tert-OH is 1. The summed E-state index contributed by atoms with van der Waals surface area (Å²) in [4.78, 5) is 31.8. The van der Waals surface area contributed by atoms with Gasteiger partial charge in [-0.3, -0.25) is 4.79 Å². The van der Waals surface area contributed by atoms with Crippen LogP contribution in [0.25, 0.3) is 10.8 Å². The number of urea groups is 1. The molecule has 3 amide bonds. The first-order valence-electron chi connectivity index (χ1n) is 18.3. The molecule has 3 aromatic rings. The normalized spacial score (nSPS) is 22.2. The topological polar surface area (TPSA) is 103 Å². The fourth-order valence-electron chi connectivity index (χ4n) is 7.27. The Kier molecular flexibility index (Phi) is 13.3. The summed E-state index contributed by atoms with van der Waals surface area (Å²) in [5, 5.41) is 18.1. The summed E-state index contributed by atoms with van der Waals surface area (Å²) in [5.41, 5.74) is 1.52. The zero-order valence-corrected chi connectivity index (χ0v) is 29.8. The standard InChI is InChI=1S/C40H56N4O5/c1-28-24-44(29(2)27-45)39(46)35-23-33(41-40(47)42-36-19-12-17-32-16-8-9-18-34(32)36)20-21-37(35)49-30(3)13-10-11-22-48-38(28)26-43(4)25-31-14-6-5-7-15-31/h8-9,12,16-21,23,28-31,38,45H,5-7,10-11,13-15,22,24-27H2,1-4H3,(H2,41,42,47)/t28-,29-,30+,38-/m0/s1. The highest BCUT2D eigenvalue weighted by molar-refractivity contribution is 6.07. The molecule has 5 rings (SSSR count). The predicted octanol–water partition coefficient (Wildman–Crippen LogP) is 7.79. The highest BCUT2D eigenvalue weighted by atomic mass is 16.5. The van der Waals surface area contributed by atoms with Crippen molar-refractivity contribution in [2.75, 3.05) is 50.5 Å². The van der Waals surface area contributed by atoms with E-state index in [-0.39, 0.29) is 30.6 Å². The van der Waals surface area contributed by atoms with Crippen molar-refractivity contribution < 1.29 is 24.2 Å². The van der Waals surface area contributed by atoms with E-state index in [1.165, 1.54) is 32.1 Å². The molecule has 0 bridgehead atoms. The number of aliphatic hydroxyl groups is 1. The van der Waals surface area contributed by atoms with Gasteiger partial charge >= 0.3 is 6.03 Å². The first-order chi connectivity index (χ1) is 23.7. The van der Waals surface area contributed by atoms with Gasteiger partial charge in [-0.05, 0) is 88.6 Å². The van der Waals surface area contributed by atoms with Crippen molar-refractivity contribution in [1.82, 2.24) is 9.80 Å². The van der Waals surface area contributed by atoms with Crippen LogP contribution in [0.3, 0.4) is 0 Å². The fraction of sp³-hybridized carbons (Fsp3) is 0.550. The monoisotopic (exact) mass is 672 g/mol. The lowest BCUT2D eigenvalue weighted by Crippen LogP contribution is -2.47. The Morgan fingerprint density at radius 2 is 1.71 bits per heavy atom. The van der Waals surface area contributed by atoms with Gasteiger partial charge in [-0.15, -0.1) is 0 Å². The molecule has 1 heterocycles. The third-order valence-corrected chi connectivity index (χ3v) is 10.1. The smallest absolute Gasteiger partial charge is 0.323 e. The van der Waals surface area contributed by atoms with Crippen LogP contribution in [0.1, 0.15) is 82.5 Å². The van der Waals surface area contributed by atoms with Crippen LogP contribution in [0.4, 0.5) is 16.2 Å². The van der Waals surface area contributed by atoms with Crippen LogP contribution in [0, 0.1) is 11.8 Å². The summed E-state index contributed by atoms with van der Waals surface area (Å²) in [6, 6.07) is 18.0. The second-order valence-corrected chi connectivity index (χ2v) is 14.3. The Bertz CT molecular complexity index is 1520. The number of carbonyl (C=O) groups is 2. The third-order valence-electron chi connectivity index (χ3n) is 10.1. The molecule has 266 valence electrons. The number of likely N-dealkylation sites (N-methyl/N-ethyl adjacent to an activating group) is 1. The molecule has 1 aliphatic carbocycles. The lowest BCUT2D eigenvalue weighted by Gasteiger charge is -2.36. The maximum Gasteiger partial charge on any atom is 0.323 e. The van der Waals surface area contributed by atoms with Crippen LogP contribution >= 0.6 is 0 Å². The van der Waals surface area contributed by atoms with Gasteiger partial charge in [-0.25, -0.2) is 4.79 Å². The van der Waals surface area contributed by atoms with Crippen LogP contribution < -0.4 is 15.4 Å². The van der Waals surface area contributed by atoms with Gasteiger partial charge in [0.15, 0.2) is 0 Å². The van der Waals surface area contributed by atoms with Gasteiger partial charge in [-0.1, -0.05) is 62.6 Å². The molecule has 0 spiro atoms. The van der Waals surface area contributed by atoms with E-state index in [2.05, 4.69) is 29.5 Å². The van der Waals surface area contributed by atoms with Crippen LogP contribution in [0.2, 0.25) is 0 Å². The average Bonchev–Trinajstić information content (AvgIpc) is 3.10. The second kappa shape index (κ2) is 17.8. The maximum atomic E-state index is 14.5. The number of ether oxygens (including phenoxy) is 2. The number of hydrogen-bond acceptors (Lipinski definition) is 6. The van der Waals surface area contributed by atoms with Crippen LogP contribution in [-0.4, -0.2) is 85.0 Å². The lowest BCUT2D eigenvalue weighted by molar-refractivity contribution is -0.0190. The summed E-state index contributed by atoms with van der Waals surface area (Å²) in [6.07, 6.45) is 9.10. The number of hydrogen-bond donors (Lipinski definition) is 3. The summed E-state index contributed by atoms with van der Waals surface area (Å²) < 4.78 is 12.9. The summed E-state index contributed by atoms with van der Waals surface area (Å²) in [7, 11) is 2.19. The summed E-state index contributed by atoms with van der Waals surface area (Å²) >= 11 is 0. The van der Waals surface area contributed by atoms with E-state index in [9.17, 15) is 14.7 Å². The zero-order valence-electron chi connectivity index (χ0n) is 29.8. The van der Waals surface area contributed by atoms with E-state index >= 15 is 0 Å². The summed E-state index contributed by atoms with van der Waals surface area (Å²) in [5.74, 6) is 0.971. The van der Waals surface area contributed by atoms with E-state index in [0.717, 1.165) is 49.0 Å². The number of amides is 3. The van der Waals surface area contributed by atoms with Crippen LogP contribution in [-0.2, 0) is 4.74 Å². The lowest BCUT2D eigenvalue weighted by atomic mass is 9.89. The first-order valence-corrected chi connectivity index (χ1v) is 18.3. The Hall–Kier alpha value is -3.66. The van der Waals surface area contributed by atoms with Gasteiger partial charge in [0.05, 0.1) is 36.1 Å². The molecular formula is C40H56N4O5. The highest BCUT2D eigenvalue weighted by Gasteiger charge is 2.31. The van der Waals surface area contributed by atoms with E-state index in [4.69, 9.17) is 9.47 Å². The van der Waals surface area contributed by atoms with Crippen molar-refractivity contribution in [3.8, 4) is 5.75 Å². The minimum absolute atomic E-state index is 0.0192. The molecule has 3 N–H and O–H groups in total. The molecule has 0 aromatic heterocycles. The Morgan fingerprint density at radius 1 is 0.959 bits per heavy atom. The highest BCUT2D eigenvalue weighted by Crippen LogP contribution is 2.30. The minimum Gasteiger partial charge on any atom is -0.490 e. The number of rotatable bonds is 8. The largest absolute Gasteiger partial charge is 0.490 e. The molecular weight excluding hydrogens is 616 g/mol. The first kappa shape index (κ1) is 36.6. The molecule has 9 heteroatoms. The Morgan fingerprint density at radius 3 is 2.51 bits per heavy atom. The molecule has 9 nitrogen and oxygen atoms in total. The Labute approximate surface area is 292 Å². The molecule has 0 unspecified atom stereocenters. The van der Waals surface area contributed by atoms with Gasteiger partial charge in [0, 0.05) is 43.2 Å². The third kappa shape index (κ3) is 10.2. The molecule has 1 fully saturated rings. The van der Waals surface area contributed by atoms with Gasteiger partial charge < -0.3 is 35.0 Å². The molecule has 0 saturated heterocycles. The van der Waals surface area contributed by atoms with Crippen molar-refractivity contribution >= 4 is 34.1 Å². The number of nitrogens with zero attached hydrogens (tertiary/aromatic N) is 2. The van der Waals surface area contributed by atoms with E-state index < -0.39 is 12.1 Å². The van der Waals surface area contributed by atoms with Crippen LogP contribution in [0.15, 0.2) is 60.7 Å². The number of benzene rings is 3. The van der Waals surface area contributed by atoms with Gasteiger partial charge in [0.25, 0.3) is 5.91 Å². The Balaban J connectivity index is 1.37. The van der Waals surface area contributed by atoms with Crippen LogP contribution in [0.5, 0.6) is 5.75 Å². The van der Waals surface area contributed by atoms with Crippen molar-refractivity contribution in [3.63, 3.8) is 0 Å². The van der Waals surface area contributed by atoms with Gasteiger partial charge in [-0.2, -0.15) is 0 Å². The molecule has 4 atom stereocenters. The SMILES string of the molecule is C[C@@H]1CCCCO[C@@H](CN(C)CC2CCCCC2)[C@@H](C)CN([C@@H](C)CO)C(=O)c2cc(NC(=O)Nc3cccc4ccccc34)ccc2O1. The summed E-state index contributed by atoms with van der Waals surface area (Å²) in [6.45, 7) is 8.78. The predicted molar refractivity (Wildman–Crippen MR) is 198 cm³/mol. The van der Waals surface area contributed by atoms with Crippen molar-refractivity contribution in [2.24, 2.45) is 11.8 Å². The molecule has 3 aromatic carbocycles. The molecule has 0 radical (unpaired) electrons. The van der Waals surface area contributed by atoms with Crippen molar-refractivity contribution in [1.29, 1.82) is 0 Å². The number of nitrogens with one attached hydrogen (secondary N) is 2. The van der Waals surface area contributed by atoms with Gasteiger partial charge in [0.2, 0.25) is 0 Å². The van der Waals surface area contributed by atoms with Crippen molar-refractivity contribution in [2.45, 2.75) is 90.4 Å². The number of anilines is 2. The quantitative estimate of drug-likeness (QED) is 0.226. The average molecular weight is 673 g/mol. The molecule has 1 aliphatic heterocycles. The number of carbonyl (C=O) groups excluding carboxylic acids is 2. The molecule has 1 saturated carbocycles. The van der Waals surface area contributed by atoms with E-state index in [0.29, 0.717) is 35.8 Å². The minimum atomic E-state index is -0.431. The molecule has 2 aliphatic rings. The van der Waals surface area contributed by atoms with E-state index in [1.807, 2.05) is 56.3 Å². The molecule has 49 heavy (non-hydrogen) atoms. The van der Waals surface area contributed by atoms with E-state index in [1.54, 1.807) is 23.1 Å². The number of fused-ring (bicyclic) bond motifs is 2. The zero-order chi connectivity index (χ0) is 34.8. The van der Waals surface area contributed by atoms with Crippen molar-refractivity contribution in [3.05, 3.63) is 66.2 Å². The fourth-order valence-corrected chi connectivity index (χ4v) is 7.27. The second-order valence-electron chi connectivity index (χ2n) is 14.3. The maximum absolute atomic E-state index is 14.5. The van der Waals surface area contributed by atoms with Gasteiger partial charge in [0.1, 0.15) is 5.75 Å².